The highest BCUT2D eigenvalue weighted by Crippen LogP contribution is 2.33. The van der Waals surface area contributed by atoms with Gasteiger partial charge in [-0.3, -0.25) is 4.79 Å². The molecule has 0 atom stereocenters. The van der Waals surface area contributed by atoms with Gasteiger partial charge in [0.1, 0.15) is 5.75 Å². The number of hydrogen-bond acceptors (Lipinski definition) is 2. The lowest BCUT2D eigenvalue weighted by molar-refractivity contribution is -0.136. The third-order valence-corrected chi connectivity index (χ3v) is 3.62. The number of carboxylic acid groups (broad SMARTS) is 1. The number of phenolic OH excluding ortho intramolecular Hbond substituents is 1. The van der Waals surface area contributed by atoms with E-state index in [9.17, 15) is 9.90 Å². The van der Waals surface area contributed by atoms with Crippen molar-refractivity contribution in [3.05, 3.63) is 28.3 Å². The van der Waals surface area contributed by atoms with E-state index >= 15 is 0 Å². The number of rotatable bonds is 3. The maximum atomic E-state index is 10.6. The Balaban J connectivity index is 2.35. The maximum Gasteiger partial charge on any atom is 0.303 e. The second kappa shape index (κ2) is 4.78. The molecule has 1 aliphatic rings. The van der Waals surface area contributed by atoms with E-state index in [2.05, 4.69) is 0 Å². The number of fused-ring (bicyclic) bond motifs is 1. The minimum Gasteiger partial charge on any atom is -0.508 e. The SMILES string of the molecule is Cc1c(CCC(=O)O)c(O)cc2c1CCCC2. The standard InChI is InChI=1S/C14H18O3/c1-9-11-5-3-2-4-10(11)8-13(15)12(9)6-7-14(16)17/h8,15H,2-7H2,1H3,(H,16,17). The van der Waals surface area contributed by atoms with E-state index in [4.69, 9.17) is 5.11 Å². The molecule has 17 heavy (non-hydrogen) atoms. The average Bonchev–Trinajstić information content (AvgIpc) is 2.28. The van der Waals surface area contributed by atoms with Crippen LogP contribution >= 0.6 is 0 Å². The van der Waals surface area contributed by atoms with Crippen molar-refractivity contribution in [2.45, 2.75) is 45.4 Å². The summed E-state index contributed by atoms with van der Waals surface area (Å²) in [4.78, 5) is 10.6. The first-order valence-electron chi connectivity index (χ1n) is 6.14. The van der Waals surface area contributed by atoms with Crippen molar-refractivity contribution in [3.63, 3.8) is 0 Å². The summed E-state index contributed by atoms with van der Waals surface area (Å²) in [5.74, 6) is -0.550. The number of aliphatic carboxylic acids is 1. The van der Waals surface area contributed by atoms with Crippen LogP contribution in [0.1, 0.15) is 41.5 Å². The van der Waals surface area contributed by atoms with Crippen LogP contribution < -0.4 is 0 Å². The van der Waals surface area contributed by atoms with E-state index < -0.39 is 5.97 Å². The molecule has 1 aliphatic carbocycles. The molecule has 1 aromatic carbocycles. The molecular weight excluding hydrogens is 216 g/mol. The lowest BCUT2D eigenvalue weighted by Crippen LogP contribution is -2.08. The quantitative estimate of drug-likeness (QED) is 0.845. The number of carboxylic acids is 1. The monoisotopic (exact) mass is 234 g/mol. The van der Waals surface area contributed by atoms with E-state index in [1.165, 1.54) is 24.0 Å². The first-order valence-corrected chi connectivity index (χ1v) is 6.14. The first kappa shape index (κ1) is 12.0. The van der Waals surface area contributed by atoms with Gasteiger partial charge in [0.05, 0.1) is 0 Å². The molecule has 0 bridgehead atoms. The van der Waals surface area contributed by atoms with Crippen LogP contribution in [0.15, 0.2) is 6.07 Å². The van der Waals surface area contributed by atoms with Crippen LogP contribution in [-0.4, -0.2) is 16.2 Å². The zero-order valence-electron chi connectivity index (χ0n) is 10.1. The van der Waals surface area contributed by atoms with Gasteiger partial charge in [0.15, 0.2) is 0 Å². The summed E-state index contributed by atoms with van der Waals surface area (Å²) in [5, 5.41) is 18.7. The highest BCUT2D eigenvalue weighted by atomic mass is 16.4. The van der Waals surface area contributed by atoms with E-state index in [-0.39, 0.29) is 12.2 Å². The minimum absolute atomic E-state index is 0.0766. The average molecular weight is 234 g/mol. The predicted octanol–water partition coefficient (Wildman–Crippen LogP) is 2.60. The summed E-state index contributed by atoms with van der Waals surface area (Å²) in [5.41, 5.74) is 4.48. The molecule has 0 unspecified atom stereocenters. The van der Waals surface area contributed by atoms with Crippen LogP contribution in [0, 0.1) is 6.92 Å². The Kier molecular flexibility index (Phi) is 3.36. The number of hydrogen-bond donors (Lipinski definition) is 2. The fraction of sp³-hybridized carbons (Fsp3) is 0.500. The highest BCUT2D eigenvalue weighted by molar-refractivity contribution is 5.67. The van der Waals surface area contributed by atoms with Crippen LogP contribution in [-0.2, 0) is 24.1 Å². The number of benzene rings is 1. The van der Waals surface area contributed by atoms with Crippen molar-refractivity contribution < 1.29 is 15.0 Å². The molecular formula is C14H18O3. The third-order valence-electron chi connectivity index (χ3n) is 3.62. The van der Waals surface area contributed by atoms with Gasteiger partial charge in [-0.15, -0.1) is 0 Å². The predicted molar refractivity (Wildman–Crippen MR) is 65.4 cm³/mol. The van der Waals surface area contributed by atoms with E-state index in [1.54, 1.807) is 0 Å². The molecule has 92 valence electrons. The molecule has 0 saturated carbocycles. The van der Waals surface area contributed by atoms with Gasteiger partial charge in [-0.2, -0.15) is 0 Å². The van der Waals surface area contributed by atoms with Crippen molar-refractivity contribution in [3.8, 4) is 5.75 Å². The molecule has 0 aromatic heterocycles. The number of phenols is 1. The van der Waals surface area contributed by atoms with Crippen molar-refractivity contribution >= 4 is 5.97 Å². The minimum atomic E-state index is -0.818. The summed E-state index contributed by atoms with van der Waals surface area (Å²) in [6.07, 6.45) is 4.95. The Morgan fingerprint density at radius 2 is 2.06 bits per heavy atom. The Morgan fingerprint density at radius 1 is 1.35 bits per heavy atom. The van der Waals surface area contributed by atoms with Gasteiger partial charge >= 0.3 is 5.97 Å². The van der Waals surface area contributed by atoms with Crippen molar-refractivity contribution in [2.75, 3.05) is 0 Å². The molecule has 0 fully saturated rings. The number of aromatic hydroxyl groups is 1. The zero-order chi connectivity index (χ0) is 12.4. The van der Waals surface area contributed by atoms with E-state index in [0.29, 0.717) is 6.42 Å². The fourth-order valence-corrected chi connectivity index (χ4v) is 2.69. The molecule has 0 radical (unpaired) electrons. The summed E-state index contributed by atoms with van der Waals surface area (Å²) >= 11 is 0. The maximum absolute atomic E-state index is 10.6. The molecule has 0 heterocycles. The van der Waals surface area contributed by atoms with E-state index in [1.807, 2.05) is 13.0 Å². The van der Waals surface area contributed by atoms with Crippen LogP contribution in [0.3, 0.4) is 0 Å². The third kappa shape index (κ3) is 2.43. The molecule has 0 amide bonds. The Labute approximate surface area is 101 Å². The van der Waals surface area contributed by atoms with Crippen molar-refractivity contribution in [1.29, 1.82) is 0 Å². The Hall–Kier alpha value is -1.51. The second-order valence-corrected chi connectivity index (χ2v) is 4.74. The zero-order valence-corrected chi connectivity index (χ0v) is 10.1. The van der Waals surface area contributed by atoms with Crippen LogP contribution in [0.4, 0.5) is 0 Å². The molecule has 0 spiro atoms. The summed E-state index contributed by atoms with van der Waals surface area (Å²) < 4.78 is 0. The van der Waals surface area contributed by atoms with Gasteiger partial charge in [0.2, 0.25) is 0 Å². The smallest absolute Gasteiger partial charge is 0.303 e. The van der Waals surface area contributed by atoms with Crippen molar-refractivity contribution in [1.82, 2.24) is 0 Å². The molecule has 2 rings (SSSR count). The lowest BCUT2D eigenvalue weighted by Gasteiger charge is -2.21. The lowest BCUT2D eigenvalue weighted by atomic mass is 9.85. The molecule has 0 aliphatic heterocycles. The van der Waals surface area contributed by atoms with Gasteiger partial charge in [-0.1, -0.05) is 0 Å². The Bertz CT molecular complexity index is 449. The van der Waals surface area contributed by atoms with Gasteiger partial charge in [0.25, 0.3) is 0 Å². The summed E-state index contributed by atoms with van der Waals surface area (Å²) in [6, 6.07) is 1.83. The Morgan fingerprint density at radius 3 is 2.76 bits per heavy atom. The van der Waals surface area contributed by atoms with Crippen LogP contribution in [0.25, 0.3) is 0 Å². The number of carbonyl (C=O) groups is 1. The van der Waals surface area contributed by atoms with Gasteiger partial charge in [-0.05, 0) is 67.3 Å². The number of aryl methyl sites for hydroxylation is 1. The van der Waals surface area contributed by atoms with Crippen LogP contribution in [0.5, 0.6) is 5.75 Å². The van der Waals surface area contributed by atoms with Crippen LogP contribution in [0.2, 0.25) is 0 Å². The highest BCUT2D eigenvalue weighted by Gasteiger charge is 2.17. The molecule has 2 N–H and O–H groups in total. The molecule has 3 nitrogen and oxygen atoms in total. The topological polar surface area (TPSA) is 57.5 Å². The summed E-state index contributed by atoms with van der Waals surface area (Å²) in [6.45, 7) is 2.00. The van der Waals surface area contributed by atoms with E-state index in [0.717, 1.165) is 24.0 Å². The van der Waals surface area contributed by atoms with Crippen molar-refractivity contribution in [2.24, 2.45) is 0 Å². The van der Waals surface area contributed by atoms with Gasteiger partial charge < -0.3 is 10.2 Å². The first-order chi connectivity index (χ1) is 8.09. The second-order valence-electron chi connectivity index (χ2n) is 4.74. The normalized spacial score (nSPS) is 14.4. The largest absolute Gasteiger partial charge is 0.508 e. The molecule has 0 saturated heterocycles. The molecule has 3 heteroatoms. The van der Waals surface area contributed by atoms with Gasteiger partial charge in [0, 0.05) is 6.42 Å². The fourth-order valence-electron chi connectivity index (χ4n) is 2.69. The van der Waals surface area contributed by atoms with Gasteiger partial charge in [-0.25, -0.2) is 0 Å². The molecule has 1 aromatic rings. The summed E-state index contributed by atoms with van der Waals surface area (Å²) in [7, 11) is 0.